The first-order chi connectivity index (χ1) is 19.0. The van der Waals surface area contributed by atoms with Crippen LogP contribution in [-0.4, -0.2) is 53.7 Å². The van der Waals surface area contributed by atoms with Crippen LogP contribution in [0.2, 0.25) is 0 Å². The van der Waals surface area contributed by atoms with Crippen LogP contribution in [0.15, 0.2) is 85.2 Å². The number of rotatable bonds is 8. The fourth-order valence-corrected chi connectivity index (χ4v) is 5.21. The molecule has 1 atom stereocenters. The van der Waals surface area contributed by atoms with Crippen molar-refractivity contribution in [3.8, 4) is 11.5 Å². The Morgan fingerprint density at radius 3 is 2.13 bits per heavy atom. The molecule has 8 nitrogen and oxygen atoms in total. The van der Waals surface area contributed by atoms with Crippen LogP contribution in [0.3, 0.4) is 0 Å². The van der Waals surface area contributed by atoms with Crippen molar-refractivity contribution < 1.29 is 23.8 Å². The Labute approximate surface area is 227 Å². The first-order valence-electron chi connectivity index (χ1n) is 12.8. The minimum Gasteiger partial charge on any atom is -0.493 e. The first kappa shape index (κ1) is 26.0. The van der Waals surface area contributed by atoms with Crippen LogP contribution < -0.4 is 9.47 Å². The summed E-state index contributed by atoms with van der Waals surface area (Å²) in [5.74, 6) is 0.117. The number of carbonyl (C=O) groups excluding carboxylic acids is 2. The smallest absolute Gasteiger partial charge is 0.328 e. The van der Waals surface area contributed by atoms with Crippen LogP contribution in [0.1, 0.15) is 34.0 Å². The third-order valence-corrected chi connectivity index (χ3v) is 7.19. The van der Waals surface area contributed by atoms with Gasteiger partial charge in [0.1, 0.15) is 6.04 Å². The largest absolute Gasteiger partial charge is 0.493 e. The highest BCUT2D eigenvalue weighted by Gasteiger charge is 2.40. The Kier molecular flexibility index (Phi) is 7.63. The second kappa shape index (κ2) is 11.4. The maximum Gasteiger partial charge on any atom is 0.328 e. The van der Waals surface area contributed by atoms with E-state index in [0.717, 1.165) is 28.1 Å². The fraction of sp³-hybridized carbons (Fsp3) is 0.258. The van der Waals surface area contributed by atoms with Crippen LogP contribution in [0.4, 0.5) is 0 Å². The van der Waals surface area contributed by atoms with E-state index in [9.17, 15) is 9.59 Å². The number of imidazole rings is 1. The second-order valence-electron chi connectivity index (χ2n) is 9.42. The van der Waals surface area contributed by atoms with Crippen molar-refractivity contribution in [1.82, 2.24) is 14.5 Å². The summed E-state index contributed by atoms with van der Waals surface area (Å²) in [6.45, 7) is 0.740. The van der Waals surface area contributed by atoms with E-state index in [-0.39, 0.29) is 12.5 Å². The van der Waals surface area contributed by atoms with Gasteiger partial charge in [-0.1, -0.05) is 66.7 Å². The fourth-order valence-electron chi connectivity index (χ4n) is 5.21. The van der Waals surface area contributed by atoms with Crippen molar-refractivity contribution >= 4 is 11.9 Å². The number of ether oxygens (including phenoxy) is 3. The number of benzene rings is 3. The number of nitrogens with zero attached hydrogens (tertiary/aromatic N) is 3. The quantitative estimate of drug-likeness (QED) is 0.321. The summed E-state index contributed by atoms with van der Waals surface area (Å²) in [4.78, 5) is 33.5. The Bertz CT molecular complexity index is 1410. The molecule has 3 aromatic carbocycles. The lowest BCUT2D eigenvalue weighted by atomic mass is 9.88. The van der Waals surface area contributed by atoms with E-state index < -0.39 is 17.9 Å². The number of esters is 1. The van der Waals surface area contributed by atoms with Crippen molar-refractivity contribution in [1.29, 1.82) is 0 Å². The van der Waals surface area contributed by atoms with E-state index in [1.54, 1.807) is 25.4 Å². The van der Waals surface area contributed by atoms with Crippen LogP contribution in [0.5, 0.6) is 11.5 Å². The normalized spacial score (nSPS) is 14.6. The Hall–Kier alpha value is -4.59. The molecule has 0 saturated carbocycles. The maximum atomic E-state index is 14.2. The molecule has 1 unspecified atom stereocenters. The zero-order valence-electron chi connectivity index (χ0n) is 22.2. The molecule has 0 bridgehead atoms. The van der Waals surface area contributed by atoms with E-state index in [4.69, 9.17) is 14.2 Å². The van der Waals surface area contributed by atoms with Crippen molar-refractivity contribution in [2.45, 2.75) is 31.5 Å². The summed E-state index contributed by atoms with van der Waals surface area (Å²) in [6, 6.07) is 24.3. The zero-order chi connectivity index (χ0) is 27.4. The predicted molar refractivity (Wildman–Crippen MR) is 146 cm³/mol. The van der Waals surface area contributed by atoms with Crippen molar-refractivity contribution in [3.05, 3.63) is 113 Å². The van der Waals surface area contributed by atoms with Crippen LogP contribution in [-0.2, 0) is 33.8 Å². The summed E-state index contributed by atoms with van der Waals surface area (Å²) in [6.07, 6.45) is 2.06. The van der Waals surface area contributed by atoms with Gasteiger partial charge in [-0.15, -0.1) is 0 Å². The van der Waals surface area contributed by atoms with Crippen LogP contribution >= 0.6 is 0 Å². The topological polar surface area (TPSA) is 82.9 Å². The molecule has 0 radical (unpaired) electrons. The standard InChI is InChI=1S/C31H31N3O5/c1-37-27-15-14-21(16-28(27)38-2)18-33-20-32-24-19-34(26(17-25(24)33)31(36)39-3)30(35)29(22-10-6-4-7-11-22)23-12-8-5-9-13-23/h4-16,20,26,29H,17-19H2,1-3H3. The highest BCUT2D eigenvalue weighted by atomic mass is 16.5. The number of carbonyl (C=O) groups is 2. The van der Waals surface area contributed by atoms with Crippen molar-refractivity contribution in [2.24, 2.45) is 0 Å². The third kappa shape index (κ3) is 5.23. The highest BCUT2D eigenvalue weighted by molar-refractivity contribution is 5.91. The average molecular weight is 526 g/mol. The lowest BCUT2D eigenvalue weighted by Crippen LogP contribution is -2.51. The van der Waals surface area contributed by atoms with E-state index in [1.807, 2.05) is 83.4 Å². The summed E-state index contributed by atoms with van der Waals surface area (Å²) in [5, 5.41) is 0. The van der Waals surface area contributed by atoms with Gasteiger partial charge < -0.3 is 23.7 Å². The third-order valence-electron chi connectivity index (χ3n) is 7.19. The summed E-state index contributed by atoms with van der Waals surface area (Å²) >= 11 is 0. The number of hydrogen-bond acceptors (Lipinski definition) is 6. The Morgan fingerprint density at radius 2 is 1.54 bits per heavy atom. The number of hydrogen-bond donors (Lipinski definition) is 0. The minimum atomic E-state index is -0.772. The molecule has 8 heteroatoms. The molecule has 0 N–H and O–H groups in total. The van der Waals surface area contributed by atoms with Crippen molar-refractivity contribution in [3.63, 3.8) is 0 Å². The molecule has 1 amide bonds. The number of amides is 1. The average Bonchev–Trinajstić information content (AvgIpc) is 3.38. The lowest BCUT2D eigenvalue weighted by Gasteiger charge is -2.36. The van der Waals surface area contributed by atoms with Crippen LogP contribution in [0.25, 0.3) is 0 Å². The van der Waals surface area contributed by atoms with Gasteiger partial charge in [-0.25, -0.2) is 9.78 Å². The number of fused-ring (bicyclic) bond motifs is 1. The zero-order valence-corrected chi connectivity index (χ0v) is 22.2. The second-order valence-corrected chi connectivity index (χ2v) is 9.42. The molecule has 0 aliphatic carbocycles. The minimum absolute atomic E-state index is 0.164. The molecule has 0 spiro atoms. The molecule has 1 aliphatic rings. The molecular weight excluding hydrogens is 494 g/mol. The van der Waals surface area contributed by atoms with Gasteiger partial charge in [-0.05, 0) is 28.8 Å². The molecule has 1 aliphatic heterocycles. The Balaban J connectivity index is 1.48. The SMILES string of the molecule is COC(=O)C1Cc2c(ncn2Cc2ccc(OC)c(OC)c2)CN1C(=O)C(c1ccccc1)c1ccccc1. The van der Waals surface area contributed by atoms with Gasteiger partial charge in [0.2, 0.25) is 5.91 Å². The molecule has 2 heterocycles. The van der Waals surface area contributed by atoms with Gasteiger partial charge >= 0.3 is 5.97 Å². The number of aromatic nitrogens is 2. The first-order valence-corrected chi connectivity index (χ1v) is 12.8. The molecule has 5 rings (SSSR count). The summed E-state index contributed by atoms with van der Waals surface area (Å²) in [5.41, 5.74) is 4.39. The predicted octanol–water partition coefficient (Wildman–Crippen LogP) is 4.21. The van der Waals surface area contributed by atoms with E-state index >= 15 is 0 Å². The van der Waals surface area contributed by atoms with Gasteiger partial charge in [-0.3, -0.25) is 4.79 Å². The van der Waals surface area contributed by atoms with Crippen molar-refractivity contribution in [2.75, 3.05) is 21.3 Å². The number of methoxy groups -OCH3 is 3. The van der Waals surface area contributed by atoms with Gasteiger partial charge in [0, 0.05) is 18.7 Å². The van der Waals surface area contributed by atoms with Crippen LogP contribution in [0, 0.1) is 0 Å². The van der Waals surface area contributed by atoms with E-state index in [1.165, 1.54) is 7.11 Å². The molecule has 39 heavy (non-hydrogen) atoms. The summed E-state index contributed by atoms with van der Waals surface area (Å²) < 4.78 is 18.0. The molecule has 200 valence electrons. The van der Waals surface area contributed by atoms with E-state index in [0.29, 0.717) is 24.5 Å². The Morgan fingerprint density at radius 1 is 0.897 bits per heavy atom. The van der Waals surface area contributed by atoms with Gasteiger partial charge in [0.25, 0.3) is 0 Å². The van der Waals surface area contributed by atoms with Gasteiger partial charge in [0.05, 0.1) is 45.8 Å². The summed E-state index contributed by atoms with van der Waals surface area (Å²) in [7, 11) is 4.56. The lowest BCUT2D eigenvalue weighted by molar-refractivity contribution is -0.154. The van der Waals surface area contributed by atoms with Gasteiger partial charge in [0.15, 0.2) is 11.5 Å². The molecule has 1 aromatic heterocycles. The molecular formula is C31H31N3O5. The monoisotopic (exact) mass is 525 g/mol. The highest BCUT2D eigenvalue weighted by Crippen LogP contribution is 2.33. The maximum absolute atomic E-state index is 14.2. The molecule has 0 saturated heterocycles. The molecule has 4 aromatic rings. The van der Waals surface area contributed by atoms with E-state index in [2.05, 4.69) is 4.98 Å². The van der Waals surface area contributed by atoms with Gasteiger partial charge in [-0.2, -0.15) is 0 Å². The molecule has 0 fully saturated rings.